The van der Waals surface area contributed by atoms with Crippen molar-refractivity contribution in [2.75, 3.05) is 7.05 Å². The number of hydrogen-bond acceptors (Lipinski definition) is 3. The second kappa shape index (κ2) is 6.74. The van der Waals surface area contributed by atoms with Crippen molar-refractivity contribution in [3.8, 4) is 0 Å². The third-order valence-electron chi connectivity index (χ3n) is 3.28. The molecule has 0 unspecified atom stereocenters. The molecule has 0 fully saturated rings. The number of nitrogens with zero attached hydrogens (tertiary/aromatic N) is 4. The van der Waals surface area contributed by atoms with Crippen molar-refractivity contribution in [1.29, 1.82) is 0 Å². The molecule has 0 aliphatic heterocycles. The maximum absolute atomic E-state index is 13.7. The first kappa shape index (κ1) is 16.2. The number of urea groups is 1. The number of nitrogens with one attached hydrogen (secondary N) is 1. The van der Waals surface area contributed by atoms with Gasteiger partial charge >= 0.3 is 6.03 Å². The number of aryl methyl sites for hydroxylation is 1. The summed E-state index contributed by atoms with van der Waals surface area (Å²) in [5.74, 6) is 0.194. The van der Waals surface area contributed by atoms with Crippen LogP contribution in [0.25, 0.3) is 0 Å². The zero-order valence-electron chi connectivity index (χ0n) is 12.5. The fourth-order valence-electron chi connectivity index (χ4n) is 2.04. The summed E-state index contributed by atoms with van der Waals surface area (Å²) in [4.78, 5) is 13.5. The topological polar surface area (TPSA) is 63.1 Å². The van der Waals surface area contributed by atoms with Crippen LogP contribution in [0.4, 0.5) is 9.18 Å². The normalized spacial score (nSPS) is 12.0. The van der Waals surface area contributed by atoms with Crippen molar-refractivity contribution in [3.63, 3.8) is 0 Å². The molecule has 6 nitrogen and oxygen atoms in total. The minimum Gasteiger partial charge on any atom is -0.328 e. The molecule has 0 saturated heterocycles. The molecular formula is C14H17ClFN5O. The van der Waals surface area contributed by atoms with Crippen molar-refractivity contribution in [2.45, 2.75) is 19.5 Å². The summed E-state index contributed by atoms with van der Waals surface area (Å²) in [6, 6.07) is 3.76. The third-order valence-corrected chi connectivity index (χ3v) is 3.63. The van der Waals surface area contributed by atoms with Crippen molar-refractivity contribution in [2.24, 2.45) is 7.05 Å². The molecular weight excluding hydrogens is 309 g/mol. The van der Waals surface area contributed by atoms with Gasteiger partial charge in [-0.05, 0) is 19.1 Å². The predicted molar refractivity (Wildman–Crippen MR) is 80.8 cm³/mol. The van der Waals surface area contributed by atoms with E-state index in [0.29, 0.717) is 10.8 Å². The number of halogens is 2. The Kier molecular flexibility index (Phi) is 4.97. The van der Waals surface area contributed by atoms with Gasteiger partial charge in [0.15, 0.2) is 5.82 Å². The third kappa shape index (κ3) is 3.54. The molecule has 1 aromatic carbocycles. The highest BCUT2D eigenvalue weighted by Crippen LogP contribution is 2.20. The highest BCUT2D eigenvalue weighted by molar-refractivity contribution is 6.31. The Hall–Kier alpha value is -2.15. The lowest BCUT2D eigenvalue weighted by atomic mass is 10.2. The Morgan fingerprint density at radius 2 is 2.27 bits per heavy atom. The van der Waals surface area contributed by atoms with Gasteiger partial charge in [0.2, 0.25) is 0 Å². The van der Waals surface area contributed by atoms with E-state index in [0.717, 1.165) is 0 Å². The number of hydrogen-bond donors (Lipinski definition) is 1. The van der Waals surface area contributed by atoms with E-state index in [1.807, 2.05) is 0 Å². The van der Waals surface area contributed by atoms with Gasteiger partial charge in [-0.3, -0.25) is 0 Å². The second-order valence-electron chi connectivity index (χ2n) is 5.03. The van der Waals surface area contributed by atoms with E-state index in [1.165, 1.54) is 17.0 Å². The molecule has 0 saturated carbocycles. The smallest absolute Gasteiger partial charge is 0.318 e. The van der Waals surface area contributed by atoms with E-state index in [2.05, 4.69) is 15.5 Å². The van der Waals surface area contributed by atoms with Crippen LogP contribution >= 0.6 is 11.6 Å². The van der Waals surface area contributed by atoms with Crippen LogP contribution < -0.4 is 5.32 Å². The van der Waals surface area contributed by atoms with E-state index < -0.39 is 5.82 Å². The number of amides is 2. The molecule has 1 N–H and O–H groups in total. The van der Waals surface area contributed by atoms with E-state index in [1.54, 1.807) is 38.0 Å². The first-order chi connectivity index (χ1) is 10.4. The summed E-state index contributed by atoms with van der Waals surface area (Å²) in [6.07, 6.45) is 1.56. The summed E-state index contributed by atoms with van der Waals surface area (Å²) in [5, 5.41) is 10.8. The average Bonchev–Trinajstić information content (AvgIpc) is 2.89. The Bertz CT molecular complexity index is 655. The van der Waals surface area contributed by atoms with Gasteiger partial charge in [0, 0.05) is 24.7 Å². The minimum absolute atomic E-state index is 0.0723. The molecule has 0 aliphatic rings. The van der Waals surface area contributed by atoms with Crippen LogP contribution in [0.3, 0.4) is 0 Å². The van der Waals surface area contributed by atoms with E-state index in [-0.39, 0.29) is 24.2 Å². The molecule has 2 aromatic rings. The molecule has 8 heteroatoms. The monoisotopic (exact) mass is 325 g/mol. The SMILES string of the molecule is C[C@@H](NC(=O)N(C)Cc1c(F)cccc1Cl)c1nncn1C. The van der Waals surface area contributed by atoms with E-state index in [4.69, 9.17) is 11.6 Å². The molecule has 1 aromatic heterocycles. The lowest BCUT2D eigenvalue weighted by Gasteiger charge is -2.21. The summed E-state index contributed by atoms with van der Waals surface area (Å²) in [7, 11) is 3.36. The van der Waals surface area contributed by atoms with Crippen LogP contribution in [-0.4, -0.2) is 32.7 Å². The molecule has 0 bridgehead atoms. The Morgan fingerprint density at radius 3 is 2.86 bits per heavy atom. The zero-order valence-corrected chi connectivity index (χ0v) is 13.3. The van der Waals surface area contributed by atoms with Crippen molar-refractivity contribution in [1.82, 2.24) is 25.0 Å². The largest absolute Gasteiger partial charge is 0.328 e. The van der Waals surface area contributed by atoms with Crippen LogP contribution in [-0.2, 0) is 13.6 Å². The fraction of sp³-hybridized carbons (Fsp3) is 0.357. The second-order valence-corrected chi connectivity index (χ2v) is 5.43. The first-order valence-corrected chi connectivity index (χ1v) is 7.06. The average molecular weight is 326 g/mol. The van der Waals surface area contributed by atoms with Crippen LogP contribution in [0.15, 0.2) is 24.5 Å². The van der Waals surface area contributed by atoms with Gasteiger partial charge in [0.1, 0.15) is 12.1 Å². The number of rotatable bonds is 4. The maximum atomic E-state index is 13.7. The number of benzene rings is 1. The van der Waals surface area contributed by atoms with Crippen LogP contribution in [0.1, 0.15) is 24.4 Å². The lowest BCUT2D eigenvalue weighted by molar-refractivity contribution is 0.202. The summed E-state index contributed by atoms with van der Waals surface area (Å²) in [6.45, 7) is 1.87. The maximum Gasteiger partial charge on any atom is 0.318 e. The minimum atomic E-state index is -0.437. The van der Waals surface area contributed by atoms with Crippen LogP contribution in [0.5, 0.6) is 0 Å². The van der Waals surface area contributed by atoms with Gasteiger partial charge in [0.05, 0.1) is 12.6 Å². The highest BCUT2D eigenvalue weighted by atomic mass is 35.5. The zero-order chi connectivity index (χ0) is 16.3. The van der Waals surface area contributed by atoms with Gasteiger partial charge < -0.3 is 14.8 Å². The standard InChI is InChI=1S/C14H17ClFN5O/c1-9(13-19-17-8-21(13)3)18-14(22)20(2)7-10-11(15)5-4-6-12(10)16/h4-6,8-9H,7H2,1-3H3,(H,18,22)/t9-/m1/s1. The number of carbonyl (C=O) groups excluding carboxylic acids is 1. The van der Waals surface area contributed by atoms with Gasteiger partial charge in [-0.25, -0.2) is 9.18 Å². The molecule has 0 spiro atoms. The predicted octanol–water partition coefficient (Wildman–Crippen LogP) is 2.51. The highest BCUT2D eigenvalue weighted by Gasteiger charge is 2.18. The molecule has 1 atom stereocenters. The van der Waals surface area contributed by atoms with Crippen LogP contribution in [0.2, 0.25) is 5.02 Å². The molecule has 2 amide bonds. The first-order valence-electron chi connectivity index (χ1n) is 6.68. The summed E-state index contributed by atoms with van der Waals surface area (Å²) < 4.78 is 15.5. The van der Waals surface area contributed by atoms with Crippen molar-refractivity contribution < 1.29 is 9.18 Å². The van der Waals surface area contributed by atoms with Crippen molar-refractivity contribution >= 4 is 17.6 Å². The molecule has 22 heavy (non-hydrogen) atoms. The fourth-order valence-corrected chi connectivity index (χ4v) is 2.26. The van der Waals surface area contributed by atoms with E-state index in [9.17, 15) is 9.18 Å². The van der Waals surface area contributed by atoms with E-state index >= 15 is 0 Å². The molecule has 0 radical (unpaired) electrons. The number of carbonyl (C=O) groups is 1. The summed E-state index contributed by atoms with van der Waals surface area (Å²) >= 11 is 5.97. The Labute approximate surface area is 132 Å². The molecule has 118 valence electrons. The Balaban J connectivity index is 2.02. The lowest BCUT2D eigenvalue weighted by Crippen LogP contribution is -2.39. The Morgan fingerprint density at radius 1 is 1.55 bits per heavy atom. The van der Waals surface area contributed by atoms with Crippen molar-refractivity contribution in [3.05, 3.63) is 46.8 Å². The molecule has 2 rings (SSSR count). The quantitative estimate of drug-likeness (QED) is 0.939. The molecule has 1 heterocycles. The molecule has 0 aliphatic carbocycles. The van der Waals surface area contributed by atoms with Gasteiger partial charge in [-0.2, -0.15) is 0 Å². The number of aromatic nitrogens is 3. The van der Waals surface area contributed by atoms with Gasteiger partial charge in [-0.1, -0.05) is 17.7 Å². The summed E-state index contributed by atoms with van der Waals surface area (Å²) in [5.41, 5.74) is 0.285. The van der Waals surface area contributed by atoms with Gasteiger partial charge in [0.25, 0.3) is 0 Å². The van der Waals surface area contributed by atoms with Gasteiger partial charge in [-0.15, -0.1) is 10.2 Å². The van der Waals surface area contributed by atoms with Crippen LogP contribution in [0, 0.1) is 5.82 Å².